The average Bonchev–Trinajstić information content (AvgIpc) is 2.91. The molecule has 2 aliphatic rings. The fourth-order valence-corrected chi connectivity index (χ4v) is 9.03. The van der Waals surface area contributed by atoms with Crippen LogP contribution < -0.4 is 4.57 Å². The van der Waals surface area contributed by atoms with Gasteiger partial charge in [0.05, 0.1) is 10.9 Å². The van der Waals surface area contributed by atoms with Gasteiger partial charge in [-0.3, -0.25) is 0 Å². The summed E-state index contributed by atoms with van der Waals surface area (Å²) in [4.78, 5) is 2.87. The molecule has 0 saturated heterocycles. The third-order valence-corrected chi connectivity index (χ3v) is 11.2. The van der Waals surface area contributed by atoms with Gasteiger partial charge < -0.3 is 0 Å². The Labute approximate surface area is 250 Å². The molecule has 210 valence electrons. The summed E-state index contributed by atoms with van der Waals surface area (Å²) >= 11 is 2.02. The zero-order valence-electron chi connectivity index (χ0n) is 26.2. The molecule has 1 nitrogen and oxygen atoms in total. The summed E-state index contributed by atoms with van der Waals surface area (Å²) in [5.74, 6) is 0.682. The molecular weight excluding hydrogens is 515 g/mol. The summed E-state index contributed by atoms with van der Waals surface area (Å²) in [6.45, 7) is 16.6. The minimum absolute atomic E-state index is 0.198. The van der Waals surface area contributed by atoms with E-state index in [1.54, 1.807) is 0 Å². The number of aromatic nitrogens is 1. The minimum Gasteiger partial charge on any atom is -0.200 e. The molecule has 2 heterocycles. The molecule has 7 rings (SSSR count). The van der Waals surface area contributed by atoms with Crippen LogP contribution >= 0.6 is 11.8 Å². The van der Waals surface area contributed by atoms with Crippen molar-refractivity contribution in [1.82, 2.24) is 0 Å². The van der Waals surface area contributed by atoms with Crippen LogP contribution in [0.3, 0.4) is 0 Å². The summed E-state index contributed by atoms with van der Waals surface area (Å²) < 4.78 is 2.39. The van der Waals surface area contributed by atoms with Crippen LogP contribution in [0.25, 0.3) is 43.6 Å². The largest absolute Gasteiger partial charge is 0.222 e. The molecule has 1 fully saturated rings. The number of benzene rings is 4. The molecule has 0 atom stereocenters. The molecule has 5 aromatic rings. The lowest BCUT2D eigenvalue weighted by molar-refractivity contribution is -0.659. The Morgan fingerprint density at radius 3 is 2.37 bits per heavy atom. The van der Waals surface area contributed by atoms with E-state index in [-0.39, 0.29) is 5.41 Å². The molecule has 0 amide bonds. The van der Waals surface area contributed by atoms with Crippen molar-refractivity contribution in [3.8, 4) is 11.3 Å². The quantitative estimate of drug-likeness (QED) is 0.151. The summed E-state index contributed by atoms with van der Waals surface area (Å²) in [6.07, 6.45) is 8.63. The van der Waals surface area contributed by atoms with Crippen LogP contribution in [0, 0.1) is 24.7 Å². The van der Waals surface area contributed by atoms with Crippen molar-refractivity contribution in [2.24, 2.45) is 17.9 Å². The molecule has 0 N–H and O–H groups in total. The van der Waals surface area contributed by atoms with Gasteiger partial charge in [0.1, 0.15) is 7.05 Å². The van der Waals surface area contributed by atoms with Crippen LogP contribution in [0.1, 0.15) is 88.5 Å². The maximum atomic E-state index is 2.54. The fourth-order valence-electron chi connectivity index (χ4n) is 7.66. The Balaban J connectivity index is 1.51. The maximum absolute atomic E-state index is 2.54. The first-order chi connectivity index (χ1) is 19.4. The molecule has 41 heavy (non-hydrogen) atoms. The summed E-state index contributed by atoms with van der Waals surface area (Å²) in [6, 6.07) is 19.3. The second kappa shape index (κ2) is 9.33. The molecule has 0 radical (unpaired) electrons. The van der Waals surface area contributed by atoms with Gasteiger partial charge in [-0.15, -0.1) is 0 Å². The number of rotatable bonds is 2. The standard InChI is InChI=1S/C39H44NS/c1-23-9-12-28-30(19-23)24(2)34-36-35-29(15-18-40(36)8)31-20-26(25-13-16-39(6,7)17-14-25)10-11-27(31)21-33(35)41-37(34)32(28)22-38(3,4)5/h9-12,15,18-21,25H,13-14,16-17,22H2,1-8H3/q+1. The van der Waals surface area contributed by atoms with E-state index in [1.165, 1.54) is 101 Å². The monoisotopic (exact) mass is 558 g/mol. The number of hydrogen-bond acceptors (Lipinski definition) is 1. The lowest BCUT2D eigenvalue weighted by atomic mass is 9.71. The Bertz CT molecular complexity index is 1870. The third kappa shape index (κ3) is 4.49. The molecule has 4 aromatic carbocycles. The van der Waals surface area contributed by atoms with E-state index < -0.39 is 0 Å². The van der Waals surface area contributed by atoms with Gasteiger partial charge in [-0.25, -0.2) is 4.57 Å². The van der Waals surface area contributed by atoms with Crippen LogP contribution in [0.2, 0.25) is 0 Å². The lowest BCUT2D eigenvalue weighted by Gasteiger charge is -2.34. The predicted molar refractivity (Wildman–Crippen MR) is 177 cm³/mol. The number of fused-ring (bicyclic) bond motifs is 5. The Hall–Kier alpha value is -2.84. The molecule has 1 saturated carbocycles. The summed E-state index contributed by atoms with van der Waals surface area (Å²) in [5.41, 5.74) is 9.31. The van der Waals surface area contributed by atoms with Gasteiger partial charge in [-0.2, -0.15) is 0 Å². The van der Waals surface area contributed by atoms with Gasteiger partial charge in [0.2, 0.25) is 5.69 Å². The normalized spacial score (nSPS) is 17.0. The Morgan fingerprint density at radius 2 is 1.63 bits per heavy atom. The molecule has 1 aromatic heterocycles. The second-order valence-electron chi connectivity index (χ2n) is 15.1. The van der Waals surface area contributed by atoms with Crippen LogP contribution in [-0.2, 0) is 13.5 Å². The van der Waals surface area contributed by atoms with Gasteiger partial charge in [-0.1, -0.05) is 88.3 Å². The lowest BCUT2D eigenvalue weighted by Crippen LogP contribution is -2.32. The van der Waals surface area contributed by atoms with Gasteiger partial charge >= 0.3 is 0 Å². The van der Waals surface area contributed by atoms with Crippen molar-refractivity contribution in [3.63, 3.8) is 0 Å². The minimum atomic E-state index is 0.198. The van der Waals surface area contributed by atoms with Crippen LogP contribution in [0.4, 0.5) is 0 Å². The molecule has 1 aliphatic carbocycles. The van der Waals surface area contributed by atoms with E-state index in [2.05, 4.69) is 115 Å². The van der Waals surface area contributed by atoms with Gasteiger partial charge in [0.25, 0.3) is 0 Å². The number of nitrogens with zero attached hydrogens (tertiary/aromatic N) is 1. The van der Waals surface area contributed by atoms with Crippen molar-refractivity contribution < 1.29 is 4.57 Å². The molecule has 2 heteroatoms. The van der Waals surface area contributed by atoms with Crippen LogP contribution in [0.15, 0.2) is 64.5 Å². The Morgan fingerprint density at radius 1 is 0.878 bits per heavy atom. The highest BCUT2D eigenvalue weighted by atomic mass is 32.2. The van der Waals surface area contributed by atoms with Crippen molar-refractivity contribution in [2.45, 2.75) is 96.3 Å². The van der Waals surface area contributed by atoms with E-state index in [0.717, 1.165) is 6.42 Å². The highest BCUT2D eigenvalue weighted by Gasteiger charge is 2.34. The van der Waals surface area contributed by atoms with Crippen molar-refractivity contribution >= 4 is 44.1 Å². The zero-order chi connectivity index (χ0) is 28.8. The van der Waals surface area contributed by atoms with Crippen molar-refractivity contribution in [1.29, 1.82) is 0 Å². The van der Waals surface area contributed by atoms with Crippen molar-refractivity contribution in [2.75, 3.05) is 0 Å². The first kappa shape index (κ1) is 27.0. The fraction of sp³-hybridized carbons (Fsp3) is 0.410. The first-order valence-corrected chi connectivity index (χ1v) is 16.3. The molecule has 0 spiro atoms. The van der Waals surface area contributed by atoms with Crippen LogP contribution in [0.5, 0.6) is 0 Å². The molecule has 0 bridgehead atoms. The third-order valence-electron chi connectivity index (χ3n) is 9.97. The van der Waals surface area contributed by atoms with Crippen LogP contribution in [-0.4, -0.2) is 0 Å². The van der Waals surface area contributed by atoms with E-state index in [4.69, 9.17) is 0 Å². The average molecular weight is 559 g/mol. The molecule has 0 unspecified atom stereocenters. The number of pyridine rings is 1. The number of aryl methyl sites for hydroxylation is 3. The first-order valence-electron chi connectivity index (χ1n) is 15.5. The smallest absolute Gasteiger partial charge is 0.200 e. The van der Waals surface area contributed by atoms with E-state index in [9.17, 15) is 0 Å². The van der Waals surface area contributed by atoms with E-state index >= 15 is 0 Å². The maximum Gasteiger partial charge on any atom is 0.222 e. The van der Waals surface area contributed by atoms with Crippen molar-refractivity contribution in [3.05, 3.63) is 77.0 Å². The predicted octanol–water partition coefficient (Wildman–Crippen LogP) is 11.0. The van der Waals surface area contributed by atoms with Gasteiger partial charge in [0.15, 0.2) is 6.20 Å². The highest BCUT2D eigenvalue weighted by Crippen LogP contribution is 2.54. The van der Waals surface area contributed by atoms with E-state index in [1.807, 2.05) is 11.8 Å². The topological polar surface area (TPSA) is 3.88 Å². The highest BCUT2D eigenvalue weighted by molar-refractivity contribution is 8.00. The van der Waals surface area contributed by atoms with Gasteiger partial charge in [0, 0.05) is 21.2 Å². The second-order valence-corrected chi connectivity index (χ2v) is 16.1. The van der Waals surface area contributed by atoms with Gasteiger partial charge in [-0.05, 0) is 107 Å². The van der Waals surface area contributed by atoms with E-state index in [0.29, 0.717) is 11.3 Å². The summed E-state index contributed by atoms with van der Waals surface area (Å²) in [7, 11) is 2.24. The SMILES string of the molecule is Cc1ccc2c(CC(C)(C)C)c3c(c(C)c2c1)-c1c2c(cc4ccc(C5CCC(C)(C)CC5)cc4c2cc[n+]1C)S3. The molecular formula is C39H44NS+. The summed E-state index contributed by atoms with van der Waals surface area (Å²) in [5, 5.41) is 8.46. The Kier molecular flexibility index (Phi) is 6.15. The zero-order valence-corrected chi connectivity index (χ0v) is 27.0. The molecule has 1 aliphatic heterocycles. The number of hydrogen-bond donors (Lipinski definition) is 0.